The van der Waals surface area contributed by atoms with E-state index in [0.717, 1.165) is 12.8 Å². The molecule has 1 aliphatic rings. The van der Waals surface area contributed by atoms with Gasteiger partial charge in [-0.2, -0.15) is 0 Å². The number of aromatic nitrogens is 2. The van der Waals surface area contributed by atoms with Crippen LogP contribution in [0.1, 0.15) is 18.5 Å². The number of ketones is 1. The molecule has 0 N–H and O–H groups in total. The number of carbonyl (C=O) groups is 1. The van der Waals surface area contributed by atoms with Crippen LogP contribution in [0.25, 0.3) is 0 Å². The average molecular weight is 279 g/mol. The number of nitrogens with zero attached hydrogens (tertiary/aromatic N) is 2. The molecule has 0 spiro atoms. The molecular weight excluding hydrogens is 264 g/mol. The van der Waals surface area contributed by atoms with Gasteiger partial charge in [-0.3, -0.25) is 4.79 Å². The fourth-order valence-corrected chi connectivity index (χ4v) is 2.20. The second-order valence-electron chi connectivity index (χ2n) is 4.27. The summed E-state index contributed by atoms with van der Waals surface area (Å²) < 4.78 is 5.38. The van der Waals surface area contributed by atoms with Gasteiger partial charge in [-0.15, -0.1) is 0 Å². The summed E-state index contributed by atoms with van der Waals surface area (Å²) in [6, 6.07) is 1.69. The first-order valence-electron chi connectivity index (χ1n) is 6.11. The summed E-state index contributed by atoms with van der Waals surface area (Å²) in [5.74, 6) is 0.00756. The molecule has 19 heavy (non-hydrogen) atoms. The zero-order valence-electron chi connectivity index (χ0n) is 10.7. The third-order valence-corrected chi connectivity index (χ3v) is 3.17. The Morgan fingerprint density at radius 1 is 1.58 bits per heavy atom. The minimum absolute atomic E-state index is 0.00756. The van der Waals surface area contributed by atoms with Gasteiger partial charge in [0, 0.05) is 18.9 Å². The van der Waals surface area contributed by atoms with Crippen molar-refractivity contribution in [3.8, 4) is 0 Å². The van der Waals surface area contributed by atoms with E-state index in [0.29, 0.717) is 11.3 Å². The average Bonchev–Trinajstić information content (AvgIpc) is 2.63. The third kappa shape index (κ3) is 3.72. The lowest BCUT2D eigenvalue weighted by Gasteiger charge is -2.16. The Hall–Kier alpha value is -1.52. The summed E-state index contributed by atoms with van der Waals surface area (Å²) >= 11 is 5.71. The van der Waals surface area contributed by atoms with Gasteiger partial charge in [-0.1, -0.05) is 18.2 Å². The quantitative estimate of drug-likeness (QED) is 0.794. The molecule has 1 aliphatic carbocycles. The van der Waals surface area contributed by atoms with Crippen molar-refractivity contribution < 1.29 is 9.53 Å². The van der Waals surface area contributed by atoms with Crippen LogP contribution < -0.4 is 0 Å². The summed E-state index contributed by atoms with van der Waals surface area (Å²) in [4.78, 5) is 20.1. The Labute approximate surface area is 117 Å². The number of Topliss-reactive ketones (excluding diaryl/α,β-unsaturated/α-hetero) is 1. The van der Waals surface area contributed by atoms with Crippen LogP contribution in [0.15, 0.2) is 36.1 Å². The summed E-state index contributed by atoms with van der Waals surface area (Å²) in [7, 11) is 1.62. The van der Waals surface area contributed by atoms with Gasteiger partial charge in [0.05, 0.1) is 18.2 Å². The van der Waals surface area contributed by atoms with E-state index in [2.05, 4.69) is 9.97 Å². The smallest absolute Gasteiger partial charge is 0.222 e. The van der Waals surface area contributed by atoms with E-state index in [-0.39, 0.29) is 23.6 Å². The van der Waals surface area contributed by atoms with E-state index in [1.54, 1.807) is 19.4 Å². The van der Waals surface area contributed by atoms with Crippen molar-refractivity contribution >= 4 is 17.4 Å². The van der Waals surface area contributed by atoms with Crippen LogP contribution in [-0.2, 0) is 16.0 Å². The van der Waals surface area contributed by atoms with Crippen molar-refractivity contribution in [3.05, 3.63) is 47.0 Å². The highest BCUT2D eigenvalue weighted by molar-refractivity contribution is 6.28. The fourth-order valence-electron chi connectivity index (χ4n) is 2.03. The Kier molecular flexibility index (Phi) is 4.82. The van der Waals surface area contributed by atoms with E-state index in [1.807, 2.05) is 18.2 Å². The van der Waals surface area contributed by atoms with Crippen molar-refractivity contribution in [1.29, 1.82) is 0 Å². The molecule has 1 aromatic rings. The maximum atomic E-state index is 12.3. The Morgan fingerprint density at radius 2 is 2.42 bits per heavy atom. The topological polar surface area (TPSA) is 52.1 Å². The molecule has 0 aliphatic heterocycles. The first-order valence-corrected chi connectivity index (χ1v) is 6.48. The number of halogens is 1. The molecular formula is C14H15ClN2O2. The molecule has 0 fully saturated rings. The van der Waals surface area contributed by atoms with Crippen molar-refractivity contribution in [3.63, 3.8) is 0 Å². The molecule has 1 unspecified atom stereocenters. The third-order valence-electron chi connectivity index (χ3n) is 2.99. The first-order chi connectivity index (χ1) is 9.20. The lowest BCUT2D eigenvalue weighted by molar-refractivity contribution is -0.116. The lowest BCUT2D eigenvalue weighted by atomic mass is 9.99. The molecule has 0 aromatic carbocycles. The number of hydrogen-bond acceptors (Lipinski definition) is 4. The van der Waals surface area contributed by atoms with Crippen LogP contribution >= 0.6 is 11.6 Å². The van der Waals surface area contributed by atoms with Crippen LogP contribution in [0.2, 0.25) is 5.28 Å². The van der Waals surface area contributed by atoms with Crippen molar-refractivity contribution in [2.75, 3.05) is 7.11 Å². The zero-order valence-corrected chi connectivity index (χ0v) is 11.4. The molecule has 1 atom stereocenters. The molecule has 0 saturated carbocycles. The number of carbonyl (C=O) groups excluding carboxylic acids is 1. The minimum atomic E-state index is -0.153. The van der Waals surface area contributed by atoms with Crippen molar-refractivity contribution in [1.82, 2.24) is 9.97 Å². The Morgan fingerprint density at radius 3 is 3.16 bits per heavy atom. The predicted octanol–water partition coefficient (Wildman–Crippen LogP) is 2.53. The number of hydrogen-bond donors (Lipinski definition) is 0. The van der Waals surface area contributed by atoms with Gasteiger partial charge in [0.2, 0.25) is 5.28 Å². The SMILES string of the molecule is COC1CCC=CC=C1C(=O)Cc1ccnc(Cl)n1. The van der Waals surface area contributed by atoms with Gasteiger partial charge in [0.25, 0.3) is 0 Å². The normalized spacial score (nSPS) is 18.8. The Bertz CT molecular complexity index is 526. The first kappa shape index (κ1) is 13.9. The summed E-state index contributed by atoms with van der Waals surface area (Å²) in [6.07, 6.45) is 9.09. The minimum Gasteiger partial charge on any atom is -0.377 e. The van der Waals surface area contributed by atoms with Crippen LogP contribution in [0.5, 0.6) is 0 Å². The van der Waals surface area contributed by atoms with Crippen LogP contribution in [0, 0.1) is 0 Å². The summed E-state index contributed by atoms with van der Waals surface area (Å²) in [6.45, 7) is 0. The number of methoxy groups -OCH3 is 1. The molecule has 0 bridgehead atoms. The molecule has 4 nitrogen and oxygen atoms in total. The molecule has 100 valence electrons. The molecule has 1 aromatic heterocycles. The van der Waals surface area contributed by atoms with Gasteiger partial charge in [-0.25, -0.2) is 9.97 Å². The predicted molar refractivity (Wildman–Crippen MR) is 73.0 cm³/mol. The molecule has 0 radical (unpaired) electrons. The van der Waals surface area contributed by atoms with Gasteiger partial charge in [0.1, 0.15) is 0 Å². The second kappa shape index (κ2) is 6.59. The highest BCUT2D eigenvalue weighted by Crippen LogP contribution is 2.19. The van der Waals surface area contributed by atoms with E-state index in [4.69, 9.17) is 16.3 Å². The van der Waals surface area contributed by atoms with E-state index >= 15 is 0 Å². The van der Waals surface area contributed by atoms with E-state index < -0.39 is 0 Å². The van der Waals surface area contributed by atoms with Crippen molar-refractivity contribution in [2.24, 2.45) is 0 Å². The van der Waals surface area contributed by atoms with Gasteiger partial charge >= 0.3 is 0 Å². The van der Waals surface area contributed by atoms with E-state index in [9.17, 15) is 4.79 Å². The maximum absolute atomic E-state index is 12.3. The summed E-state index contributed by atoms with van der Waals surface area (Å²) in [5, 5.41) is 0.156. The molecule has 0 amide bonds. The second-order valence-corrected chi connectivity index (χ2v) is 4.61. The highest BCUT2D eigenvalue weighted by atomic mass is 35.5. The number of allylic oxidation sites excluding steroid dienone is 3. The lowest BCUT2D eigenvalue weighted by Crippen LogP contribution is -2.21. The maximum Gasteiger partial charge on any atom is 0.222 e. The Balaban J connectivity index is 2.14. The van der Waals surface area contributed by atoms with Gasteiger partial charge < -0.3 is 4.74 Å². The van der Waals surface area contributed by atoms with Gasteiger partial charge in [0.15, 0.2) is 5.78 Å². The summed E-state index contributed by atoms with van der Waals surface area (Å²) in [5.41, 5.74) is 1.31. The number of ether oxygens (including phenoxy) is 1. The van der Waals surface area contributed by atoms with Crippen LogP contribution in [0.3, 0.4) is 0 Å². The highest BCUT2D eigenvalue weighted by Gasteiger charge is 2.21. The van der Waals surface area contributed by atoms with E-state index in [1.165, 1.54) is 0 Å². The number of rotatable bonds is 4. The molecule has 5 heteroatoms. The largest absolute Gasteiger partial charge is 0.377 e. The standard InChI is InChI=1S/C14H15ClN2O2/c1-19-13-6-4-2-3-5-11(13)12(18)9-10-7-8-16-14(15)17-10/h2-3,5,7-8,13H,4,6,9H2,1H3. The molecule has 0 saturated heterocycles. The monoisotopic (exact) mass is 278 g/mol. The fraction of sp³-hybridized carbons (Fsp3) is 0.357. The molecule has 2 rings (SSSR count). The molecule has 1 heterocycles. The van der Waals surface area contributed by atoms with Crippen LogP contribution in [-0.4, -0.2) is 29.0 Å². The zero-order chi connectivity index (χ0) is 13.7. The van der Waals surface area contributed by atoms with Gasteiger partial charge in [-0.05, 0) is 30.5 Å². The van der Waals surface area contributed by atoms with Crippen molar-refractivity contribution in [2.45, 2.75) is 25.4 Å². The van der Waals surface area contributed by atoms with Crippen LogP contribution in [0.4, 0.5) is 0 Å².